The molecule has 0 unspecified atom stereocenters. The van der Waals surface area contributed by atoms with Crippen LogP contribution in [0.1, 0.15) is 5.69 Å². The largest absolute Gasteiger partial charge is 0.279 e. The summed E-state index contributed by atoms with van der Waals surface area (Å²) in [7, 11) is -3.68. The van der Waals surface area contributed by atoms with Crippen molar-refractivity contribution in [3.05, 3.63) is 68.2 Å². The number of hydrogen-bond donors (Lipinski definition) is 1. The minimum absolute atomic E-state index is 0.145. The summed E-state index contributed by atoms with van der Waals surface area (Å²) in [5.41, 5.74) is 2.45. The maximum Gasteiger partial charge on any atom is 0.271 e. The van der Waals surface area contributed by atoms with Crippen molar-refractivity contribution in [3.63, 3.8) is 0 Å². The first-order valence-corrected chi connectivity index (χ1v) is 11.3. The maximum atomic E-state index is 12.4. The van der Waals surface area contributed by atoms with Crippen LogP contribution >= 0.6 is 34.3 Å². The number of anilines is 1. The molecule has 3 heterocycles. The Hall–Kier alpha value is -2.20. The van der Waals surface area contributed by atoms with Gasteiger partial charge in [0, 0.05) is 22.8 Å². The van der Waals surface area contributed by atoms with Crippen LogP contribution in [0, 0.1) is 6.92 Å². The van der Waals surface area contributed by atoms with Crippen molar-refractivity contribution < 1.29 is 8.42 Å². The number of benzene rings is 1. The molecular formula is C17H12ClN3O3S3. The normalized spacial score (nSPS) is 11.8. The Morgan fingerprint density at radius 3 is 2.56 bits per heavy atom. The zero-order valence-electron chi connectivity index (χ0n) is 13.8. The highest BCUT2D eigenvalue weighted by Crippen LogP contribution is 2.29. The molecule has 0 aliphatic carbocycles. The van der Waals surface area contributed by atoms with Gasteiger partial charge in [-0.3, -0.25) is 13.9 Å². The van der Waals surface area contributed by atoms with E-state index >= 15 is 0 Å². The highest BCUT2D eigenvalue weighted by Gasteiger charge is 2.17. The Labute approximate surface area is 167 Å². The van der Waals surface area contributed by atoms with Crippen molar-refractivity contribution in [2.45, 2.75) is 11.1 Å². The Morgan fingerprint density at radius 2 is 1.89 bits per heavy atom. The number of hydrogen-bond acceptors (Lipinski definition) is 6. The number of aryl methyl sites for hydroxylation is 1. The molecule has 10 heteroatoms. The van der Waals surface area contributed by atoms with Gasteiger partial charge in [-0.15, -0.1) is 22.7 Å². The fourth-order valence-corrected chi connectivity index (χ4v) is 6.08. The average molecular weight is 438 g/mol. The van der Waals surface area contributed by atoms with Gasteiger partial charge in [-0.1, -0.05) is 23.7 Å². The van der Waals surface area contributed by atoms with Crippen LogP contribution in [0.3, 0.4) is 0 Å². The van der Waals surface area contributed by atoms with Crippen LogP contribution in [-0.4, -0.2) is 17.8 Å². The highest BCUT2D eigenvalue weighted by atomic mass is 35.5. The number of thiophene rings is 1. The molecule has 4 aromatic rings. The third kappa shape index (κ3) is 3.51. The molecule has 6 nitrogen and oxygen atoms in total. The third-order valence-electron chi connectivity index (χ3n) is 3.78. The molecule has 1 aromatic carbocycles. The monoisotopic (exact) mass is 437 g/mol. The molecule has 1 N–H and O–H groups in total. The lowest BCUT2D eigenvalue weighted by Gasteiger charge is -2.07. The predicted octanol–water partition coefficient (Wildman–Crippen LogP) is 4.25. The Bertz CT molecular complexity index is 1300. The van der Waals surface area contributed by atoms with Gasteiger partial charge in [0.05, 0.1) is 10.0 Å². The molecule has 0 aliphatic heterocycles. The van der Waals surface area contributed by atoms with Crippen LogP contribution in [-0.2, 0) is 10.0 Å². The summed E-state index contributed by atoms with van der Waals surface area (Å²) < 4.78 is 29.4. The van der Waals surface area contributed by atoms with Crippen LogP contribution in [0.15, 0.2) is 56.8 Å². The number of sulfonamides is 1. The number of rotatable bonds is 4. The fourth-order valence-electron chi connectivity index (χ4n) is 2.59. The minimum Gasteiger partial charge on any atom is -0.279 e. The molecule has 0 saturated heterocycles. The standard InChI is InChI=1S/C17H12ClN3O3S3/c1-10-8-15(22)21-13(9-25-17(21)19-10)11-2-4-12(5-3-11)20-27(23,24)16-7-6-14(18)26-16/h2-9,20H,1H3. The van der Waals surface area contributed by atoms with Gasteiger partial charge in [-0.05, 0) is 36.8 Å². The molecule has 0 fully saturated rings. The van der Waals surface area contributed by atoms with Crippen molar-refractivity contribution in [3.8, 4) is 11.3 Å². The van der Waals surface area contributed by atoms with E-state index in [2.05, 4.69) is 9.71 Å². The lowest BCUT2D eigenvalue weighted by Crippen LogP contribution is -2.14. The SMILES string of the molecule is Cc1cc(=O)n2c(-c3ccc(NS(=O)(=O)c4ccc(Cl)s4)cc3)csc2n1. The second-order valence-corrected chi connectivity index (χ2v) is 10.2. The molecule has 0 spiro atoms. The summed E-state index contributed by atoms with van der Waals surface area (Å²) in [6.45, 7) is 1.78. The number of aromatic nitrogens is 2. The van der Waals surface area contributed by atoms with Crippen LogP contribution in [0.25, 0.3) is 16.2 Å². The molecule has 0 atom stereocenters. The summed E-state index contributed by atoms with van der Waals surface area (Å²) in [5.74, 6) is 0. The van der Waals surface area contributed by atoms with E-state index in [0.29, 0.717) is 26.4 Å². The predicted molar refractivity (Wildman–Crippen MR) is 110 cm³/mol. The molecule has 3 aromatic heterocycles. The molecule has 0 bridgehead atoms. The second-order valence-electron chi connectivity index (χ2n) is 5.72. The van der Waals surface area contributed by atoms with E-state index in [1.165, 1.54) is 23.5 Å². The van der Waals surface area contributed by atoms with Gasteiger partial charge in [-0.2, -0.15) is 0 Å². The lowest BCUT2D eigenvalue weighted by molar-refractivity contribution is 0.603. The number of thiazole rings is 1. The second kappa shape index (κ2) is 6.75. The Balaban J connectivity index is 1.66. The van der Waals surface area contributed by atoms with E-state index in [4.69, 9.17) is 11.6 Å². The first-order valence-electron chi connectivity index (χ1n) is 7.70. The molecule has 138 valence electrons. The van der Waals surface area contributed by atoms with Crippen molar-refractivity contribution >= 4 is 54.9 Å². The molecule has 4 rings (SSSR count). The summed E-state index contributed by atoms with van der Waals surface area (Å²) in [6.07, 6.45) is 0. The van der Waals surface area contributed by atoms with Crippen molar-refractivity contribution in [2.24, 2.45) is 0 Å². The lowest BCUT2D eigenvalue weighted by atomic mass is 10.1. The van der Waals surface area contributed by atoms with Crippen LogP contribution in [0.5, 0.6) is 0 Å². The zero-order chi connectivity index (χ0) is 19.2. The van der Waals surface area contributed by atoms with Gasteiger partial charge < -0.3 is 0 Å². The van der Waals surface area contributed by atoms with Gasteiger partial charge in [0.15, 0.2) is 4.96 Å². The first kappa shape index (κ1) is 18.2. The van der Waals surface area contributed by atoms with Gasteiger partial charge >= 0.3 is 0 Å². The first-order chi connectivity index (χ1) is 12.8. The van der Waals surface area contributed by atoms with Crippen LogP contribution < -0.4 is 10.3 Å². The summed E-state index contributed by atoms with van der Waals surface area (Å²) in [5, 5.41) is 1.86. The van der Waals surface area contributed by atoms with Crippen molar-refractivity contribution in [1.82, 2.24) is 9.38 Å². The Kier molecular flexibility index (Phi) is 4.55. The van der Waals surface area contributed by atoms with Gasteiger partial charge in [0.1, 0.15) is 4.21 Å². The van der Waals surface area contributed by atoms with Gasteiger partial charge in [0.2, 0.25) is 0 Å². The van der Waals surface area contributed by atoms with E-state index in [1.54, 1.807) is 41.7 Å². The van der Waals surface area contributed by atoms with E-state index < -0.39 is 10.0 Å². The molecule has 0 amide bonds. The van der Waals surface area contributed by atoms with E-state index in [9.17, 15) is 13.2 Å². The van der Waals surface area contributed by atoms with Crippen LogP contribution in [0.4, 0.5) is 5.69 Å². The van der Waals surface area contributed by atoms with Crippen LogP contribution in [0.2, 0.25) is 4.34 Å². The topological polar surface area (TPSA) is 80.5 Å². The number of nitrogens with zero attached hydrogens (tertiary/aromatic N) is 2. The number of fused-ring (bicyclic) bond motifs is 1. The van der Waals surface area contributed by atoms with Crippen molar-refractivity contribution in [1.29, 1.82) is 0 Å². The van der Waals surface area contributed by atoms with Gasteiger partial charge in [-0.25, -0.2) is 13.4 Å². The maximum absolute atomic E-state index is 12.4. The highest BCUT2D eigenvalue weighted by molar-refractivity contribution is 7.94. The average Bonchev–Trinajstić information content (AvgIpc) is 3.22. The van der Waals surface area contributed by atoms with E-state index in [1.807, 2.05) is 5.38 Å². The summed E-state index contributed by atoms with van der Waals surface area (Å²) >= 11 is 8.18. The molecular weight excluding hydrogens is 426 g/mol. The number of halogens is 1. The van der Waals surface area contributed by atoms with Gasteiger partial charge in [0.25, 0.3) is 15.6 Å². The van der Waals surface area contributed by atoms with E-state index in [0.717, 1.165) is 16.9 Å². The molecule has 0 aliphatic rings. The number of nitrogens with one attached hydrogen (secondary N) is 1. The van der Waals surface area contributed by atoms with E-state index in [-0.39, 0.29) is 9.77 Å². The fraction of sp³-hybridized carbons (Fsp3) is 0.0588. The quantitative estimate of drug-likeness (QED) is 0.517. The van der Waals surface area contributed by atoms with Crippen molar-refractivity contribution in [2.75, 3.05) is 4.72 Å². The molecule has 27 heavy (non-hydrogen) atoms. The smallest absolute Gasteiger partial charge is 0.271 e. The minimum atomic E-state index is -3.68. The summed E-state index contributed by atoms with van der Waals surface area (Å²) in [4.78, 5) is 17.3. The third-order valence-corrected chi connectivity index (χ3v) is 7.71. The Morgan fingerprint density at radius 1 is 1.15 bits per heavy atom. The zero-order valence-corrected chi connectivity index (χ0v) is 17.0. The summed E-state index contributed by atoms with van der Waals surface area (Å²) in [6, 6.07) is 11.3. The molecule has 0 saturated carbocycles. The molecule has 0 radical (unpaired) electrons.